The molecule has 0 aromatic carbocycles. The highest BCUT2D eigenvalue weighted by Gasteiger charge is 2.19. The first-order valence-electron chi connectivity index (χ1n) is 8.24. The maximum atomic E-state index is 9.50. The van der Waals surface area contributed by atoms with E-state index in [1.165, 1.54) is 25.7 Å². The second-order valence-electron chi connectivity index (χ2n) is 6.53. The lowest BCUT2D eigenvalue weighted by Gasteiger charge is -2.25. The average Bonchev–Trinajstić information content (AvgIpc) is 3.11. The quantitative estimate of drug-likeness (QED) is 0.870. The Balaban J connectivity index is 1.40. The van der Waals surface area contributed by atoms with Crippen LogP contribution in [0.4, 0.5) is 0 Å². The lowest BCUT2D eigenvalue weighted by molar-refractivity contribution is 0.108. The summed E-state index contributed by atoms with van der Waals surface area (Å²) in [5.74, 6) is 0.732. The summed E-state index contributed by atoms with van der Waals surface area (Å²) in [5.41, 5.74) is 1.16. The van der Waals surface area contributed by atoms with E-state index in [-0.39, 0.29) is 6.10 Å². The Morgan fingerprint density at radius 3 is 2.65 bits per heavy atom. The van der Waals surface area contributed by atoms with Crippen LogP contribution in [0.15, 0.2) is 12.3 Å². The highest BCUT2D eigenvalue weighted by atomic mass is 16.3. The molecule has 4 heteroatoms. The number of aliphatic hydroxyl groups excluding tert-OH is 1. The van der Waals surface area contributed by atoms with Crippen molar-refractivity contribution in [1.82, 2.24) is 15.1 Å². The van der Waals surface area contributed by atoms with Gasteiger partial charge < -0.3 is 10.4 Å². The Morgan fingerprint density at radius 1 is 1.15 bits per heavy atom. The maximum Gasteiger partial charge on any atom is 0.0762 e. The van der Waals surface area contributed by atoms with Crippen LogP contribution in [0.2, 0.25) is 0 Å². The van der Waals surface area contributed by atoms with E-state index in [4.69, 9.17) is 5.10 Å². The summed E-state index contributed by atoms with van der Waals surface area (Å²) in [4.78, 5) is 0. The average molecular weight is 277 g/mol. The molecule has 1 heterocycles. The van der Waals surface area contributed by atoms with Crippen molar-refractivity contribution < 1.29 is 5.11 Å². The van der Waals surface area contributed by atoms with E-state index >= 15 is 0 Å². The Labute approximate surface area is 121 Å². The van der Waals surface area contributed by atoms with Crippen LogP contribution in [0.25, 0.3) is 0 Å². The van der Waals surface area contributed by atoms with Crippen LogP contribution in [0.5, 0.6) is 0 Å². The van der Waals surface area contributed by atoms with Gasteiger partial charge in [-0.25, -0.2) is 0 Å². The summed E-state index contributed by atoms with van der Waals surface area (Å²) >= 11 is 0. The molecule has 0 amide bonds. The number of aromatic nitrogens is 2. The summed E-state index contributed by atoms with van der Waals surface area (Å²) in [6.45, 7) is 1.93. The van der Waals surface area contributed by atoms with E-state index in [1.54, 1.807) is 0 Å². The first-order valence-corrected chi connectivity index (χ1v) is 8.24. The maximum absolute atomic E-state index is 9.50. The summed E-state index contributed by atoms with van der Waals surface area (Å²) in [7, 11) is 0. The van der Waals surface area contributed by atoms with Crippen LogP contribution in [0.1, 0.15) is 63.1 Å². The van der Waals surface area contributed by atoms with Gasteiger partial charge in [0.15, 0.2) is 0 Å². The van der Waals surface area contributed by atoms with Crippen molar-refractivity contribution in [2.24, 2.45) is 5.92 Å². The topological polar surface area (TPSA) is 50.1 Å². The summed E-state index contributed by atoms with van der Waals surface area (Å²) in [6.07, 6.45) is 11.6. The zero-order valence-corrected chi connectivity index (χ0v) is 12.3. The van der Waals surface area contributed by atoms with Crippen molar-refractivity contribution >= 4 is 0 Å². The third-order valence-electron chi connectivity index (χ3n) is 4.92. The molecule has 2 aliphatic rings. The lowest BCUT2D eigenvalue weighted by Crippen LogP contribution is -2.27. The van der Waals surface area contributed by atoms with Gasteiger partial charge in [0, 0.05) is 12.7 Å². The van der Waals surface area contributed by atoms with E-state index in [9.17, 15) is 5.11 Å². The van der Waals surface area contributed by atoms with Gasteiger partial charge in [0.05, 0.1) is 17.8 Å². The molecule has 0 radical (unpaired) electrons. The highest BCUT2D eigenvalue weighted by Crippen LogP contribution is 2.28. The molecule has 0 aliphatic heterocycles. The number of aliphatic hydroxyl groups is 1. The van der Waals surface area contributed by atoms with Crippen molar-refractivity contribution in [1.29, 1.82) is 0 Å². The number of nitrogens with zero attached hydrogens (tertiary/aromatic N) is 2. The predicted octanol–water partition coefficient (Wildman–Crippen LogP) is 2.64. The van der Waals surface area contributed by atoms with Crippen LogP contribution >= 0.6 is 0 Å². The van der Waals surface area contributed by atoms with Gasteiger partial charge in [-0.15, -0.1) is 0 Å². The van der Waals surface area contributed by atoms with E-state index in [0.29, 0.717) is 6.04 Å². The van der Waals surface area contributed by atoms with Crippen LogP contribution in [-0.2, 0) is 6.54 Å². The van der Waals surface area contributed by atoms with Gasteiger partial charge in [-0.2, -0.15) is 5.10 Å². The fourth-order valence-corrected chi connectivity index (χ4v) is 3.60. The smallest absolute Gasteiger partial charge is 0.0762 e. The largest absolute Gasteiger partial charge is 0.393 e. The molecule has 2 fully saturated rings. The van der Waals surface area contributed by atoms with Gasteiger partial charge in [-0.3, -0.25) is 4.68 Å². The van der Waals surface area contributed by atoms with Crippen molar-refractivity contribution in [2.75, 3.05) is 6.54 Å². The third-order valence-corrected chi connectivity index (χ3v) is 4.92. The minimum Gasteiger partial charge on any atom is -0.393 e. The minimum absolute atomic E-state index is 0.0478. The molecule has 0 unspecified atom stereocenters. The van der Waals surface area contributed by atoms with Crippen LogP contribution < -0.4 is 5.32 Å². The van der Waals surface area contributed by atoms with Gasteiger partial charge in [-0.1, -0.05) is 12.8 Å². The van der Waals surface area contributed by atoms with E-state index in [1.807, 2.05) is 0 Å². The molecular weight excluding hydrogens is 250 g/mol. The lowest BCUT2D eigenvalue weighted by atomic mass is 9.87. The zero-order chi connectivity index (χ0) is 13.8. The molecule has 2 aliphatic carbocycles. The minimum atomic E-state index is -0.0478. The Morgan fingerprint density at radius 2 is 1.90 bits per heavy atom. The number of nitrogens with one attached hydrogen (secondary N) is 1. The van der Waals surface area contributed by atoms with Gasteiger partial charge in [-0.05, 0) is 57.1 Å². The second kappa shape index (κ2) is 6.72. The number of hydrogen-bond donors (Lipinski definition) is 2. The van der Waals surface area contributed by atoms with Crippen molar-refractivity contribution in [3.8, 4) is 0 Å². The van der Waals surface area contributed by atoms with Crippen molar-refractivity contribution in [3.63, 3.8) is 0 Å². The Hall–Kier alpha value is -0.870. The summed E-state index contributed by atoms with van der Waals surface area (Å²) < 4.78 is 2.17. The molecule has 2 saturated carbocycles. The molecular formula is C16H27N3O. The molecule has 0 atom stereocenters. The van der Waals surface area contributed by atoms with Crippen LogP contribution in [-0.4, -0.2) is 27.5 Å². The van der Waals surface area contributed by atoms with Crippen molar-refractivity contribution in [3.05, 3.63) is 18.0 Å². The highest BCUT2D eigenvalue weighted by molar-refractivity contribution is 5.00. The van der Waals surface area contributed by atoms with E-state index in [0.717, 1.165) is 50.4 Å². The second-order valence-corrected chi connectivity index (χ2v) is 6.53. The normalized spacial score (nSPS) is 28.1. The molecule has 1 aromatic heterocycles. The molecule has 2 N–H and O–H groups in total. The van der Waals surface area contributed by atoms with Gasteiger partial charge in [0.2, 0.25) is 0 Å². The molecule has 0 spiro atoms. The molecule has 20 heavy (non-hydrogen) atoms. The number of rotatable bonds is 5. The van der Waals surface area contributed by atoms with Gasteiger partial charge in [0.25, 0.3) is 0 Å². The van der Waals surface area contributed by atoms with E-state index < -0.39 is 0 Å². The van der Waals surface area contributed by atoms with Gasteiger partial charge in [0.1, 0.15) is 0 Å². The van der Waals surface area contributed by atoms with Crippen molar-refractivity contribution in [2.45, 2.75) is 70.1 Å². The molecule has 0 saturated heterocycles. The predicted molar refractivity (Wildman–Crippen MR) is 79.4 cm³/mol. The molecule has 112 valence electrons. The van der Waals surface area contributed by atoms with Crippen LogP contribution in [0.3, 0.4) is 0 Å². The molecule has 4 nitrogen and oxygen atoms in total. The monoisotopic (exact) mass is 277 g/mol. The first kappa shape index (κ1) is 14.1. The number of hydrogen-bond acceptors (Lipinski definition) is 3. The zero-order valence-electron chi connectivity index (χ0n) is 12.3. The summed E-state index contributed by atoms with van der Waals surface area (Å²) in [6, 6.07) is 2.79. The molecule has 1 aromatic rings. The van der Waals surface area contributed by atoms with Gasteiger partial charge >= 0.3 is 0 Å². The molecule has 0 bridgehead atoms. The van der Waals surface area contributed by atoms with E-state index in [2.05, 4.69) is 22.3 Å². The standard InChI is InChI=1S/C16H27N3O/c20-16-7-5-13(6-8-16)11-17-12-14-9-10-19(18-14)15-3-1-2-4-15/h9-10,13,15-17,20H,1-8,11-12H2. The summed E-state index contributed by atoms with van der Waals surface area (Å²) in [5, 5.41) is 17.7. The third kappa shape index (κ3) is 3.61. The first-order chi connectivity index (χ1) is 9.81. The fourth-order valence-electron chi connectivity index (χ4n) is 3.60. The Kier molecular flexibility index (Phi) is 4.73. The molecule has 3 rings (SSSR count). The van der Waals surface area contributed by atoms with Crippen LogP contribution in [0, 0.1) is 5.92 Å². The Bertz CT molecular complexity index is 404. The SMILES string of the molecule is OC1CCC(CNCc2ccn(C3CCCC3)n2)CC1. The fraction of sp³-hybridized carbons (Fsp3) is 0.812.